The monoisotopic (exact) mass is 330 g/mol. The van der Waals surface area contributed by atoms with Gasteiger partial charge in [-0.3, -0.25) is 0 Å². The van der Waals surface area contributed by atoms with Gasteiger partial charge in [-0.2, -0.15) is 13.2 Å². The first-order valence-corrected chi connectivity index (χ1v) is 6.03. The smallest absolute Gasteiger partial charge is 0.416 e. The largest absolute Gasteiger partial charge is 0.462 e. The molecule has 110 valence electrons. The molecule has 0 saturated heterocycles. The summed E-state index contributed by atoms with van der Waals surface area (Å²) in [5.74, 6) is -2.30. The lowest BCUT2D eigenvalue weighted by atomic mass is 10.0. The van der Waals surface area contributed by atoms with Crippen molar-refractivity contribution in [3.05, 3.63) is 39.6 Å². The maximum Gasteiger partial charge on any atom is 0.416 e. The molecule has 0 aliphatic rings. The van der Waals surface area contributed by atoms with Crippen molar-refractivity contribution < 1.29 is 27.1 Å². The van der Waals surface area contributed by atoms with Crippen LogP contribution in [-0.4, -0.2) is 12.6 Å². The van der Waals surface area contributed by atoms with Gasteiger partial charge in [-0.25, -0.2) is 9.18 Å². The van der Waals surface area contributed by atoms with Crippen molar-refractivity contribution >= 4 is 34.7 Å². The summed E-state index contributed by atoms with van der Waals surface area (Å²) in [6, 6.07) is 1.65. The quantitative estimate of drug-likeness (QED) is 0.461. The topological polar surface area (TPSA) is 26.3 Å². The standard InChI is InChI=1S/C12H8Cl2F4O2/c1-2-20-11(19)9(10(13)14)7-4-3-6(5-8(7)15)12(16,17)18/h3-5H,2H2,1H3. The normalized spacial score (nSPS) is 11.2. The average Bonchev–Trinajstić information content (AvgIpc) is 2.30. The second-order valence-corrected chi connectivity index (χ2v) is 4.50. The maximum absolute atomic E-state index is 13.7. The predicted molar refractivity (Wildman–Crippen MR) is 66.7 cm³/mol. The summed E-state index contributed by atoms with van der Waals surface area (Å²) in [4.78, 5) is 11.6. The van der Waals surface area contributed by atoms with Gasteiger partial charge in [0.05, 0.1) is 17.7 Å². The van der Waals surface area contributed by atoms with Crippen LogP contribution in [-0.2, 0) is 15.7 Å². The third-order valence-electron chi connectivity index (χ3n) is 2.23. The van der Waals surface area contributed by atoms with E-state index in [0.29, 0.717) is 6.07 Å². The fourth-order valence-electron chi connectivity index (χ4n) is 1.39. The lowest BCUT2D eigenvalue weighted by Crippen LogP contribution is -2.11. The molecule has 1 rings (SSSR count). The van der Waals surface area contributed by atoms with Crippen LogP contribution in [0.25, 0.3) is 5.57 Å². The summed E-state index contributed by atoms with van der Waals surface area (Å²) in [6.07, 6.45) is -4.70. The van der Waals surface area contributed by atoms with E-state index in [-0.39, 0.29) is 12.7 Å². The van der Waals surface area contributed by atoms with E-state index < -0.39 is 39.2 Å². The van der Waals surface area contributed by atoms with Crippen molar-refractivity contribution in [2.75, 3.05) is 6.61 Å². The molecule has 2 nitrogen and oxygen atoms in total. The van der Waals surface area contributed by atoms with Crippen molar-refractivity contribution in [1.29, 1.82) is 0 Å². The number of alkyl halides is 3. The minimum Gasteiger partial charge on any atom is -0.462 e. The van der Waals surface area contributed by atoms with E-state index in [9.17, 15) is 22.4 Å². The molecule has 0 amide bonds. The number of carbonyl (C=O) groups excluding carboxylic acids is 1. The molecule has 1 aromatic rings. The molecule has 0 radical (unpaired) electrons. The Balaban J connectivity index is 3.32. The number of hydrogen-bond acceptors (Lipinski definition) is 2. The van der Waals surface area contributed by atoms with Crippen LogP contribution >= 0.6 is 23.2 Å². The molecule has 0 fully saturated rings. The zero-order valence-electron chi connectivity index (χ0n) is 10.0. The highest BCUT2D eigenvalue weighted by molar-refractivity contribution is 6.61. The highest BCUT2D eigenvalue weighted by atomic mass is 35.5. The van der Waals surface area contributed by atoms with E-state index in [4.69, 9.17) is 23.2 Å². The van der Waals surface area contributed by atoms with Gasteiger partial charge in [0, 0.05) is 5.56 Å². The summed E-state index contributed by atoms with van der Waals surface area (Å²) < 4.78 is 55.0. The average molecular weight is 331 g/mol. The van der Waals surface area contributed by atoms with Crippen LogP contribution in [0, 0.1) is 5.82 Å². The lowest BCUT2D eigenvalue weighted by Gasteiger charge is -2.11. The van der Waals surface area contributed by atoms with Crippen molar-refractivity contribution in [2.24, 2.45) is 0 Å². The van der Waals surface area contributed by atoms with E-state index in [0.717, 1.165) is 6.07 Å². The lowest BCUT2D eigenvalue weighted by molar-refractivity contribution is -0.137. The molecule has 0 N–H and O–H groups in total. The molecule has 0 spiro atoms. The number of rotatable bonds is 3. The summed E-state index contributed by atoms with van der Waals surface area (Å²) in [7, 11) is 0. The Morgan fingerprint density at radius 1 is 1.30 bits per heavy atom. The third-order valence-corrected chi connectivity index (χ3v) is 2.61. The van der Waals surface area contributed by atoms with Gasteiger partial charge >= 0.3 is 12.1 Å². The molecule has 0 atom stereocenters. The van der Waals surface area contributed by atoms with E-state index in [1.807, 2.05) is 0 Å². The van der Waals surface area contributed by atoms with Crippen LogP contribution in [0.4, 0.5) is 17.6 Å². The minimum absolute atomic E-state index is 0.0222. The highest BCUT2D eigenvalue weighted by Gasteiger charge is 2.32. The Labute approximate surface area is 121 Å². The van der Waals surface area contributed by atoms with Crippen molar-refractivity contribution in [2.45, 2.75) is 13.1 Å². The molecular weight excluding hydrogens is 323 g/mol. The molecule has 0 aliphatic carbocycles. The fourth-order valence-corrected chi connectivity index (χ4v) is 1.74. The van der Waals surface area contributed by atoms with Crippen LogP contribution in [0.5, 0.6) is 0 Å². The van der Waals surface area contributed by atoms with Gasteiger partial charge < -0.3 is 4.74 Å². The summed E-state index contributed by atoms with van der Waals surface area (Å²) in [6.45, 7) is 1.48. The predicted octanol–water partition coefficient (Wildman–Crippen LogP) is 4.55. The Bertz CT molecular complexity index is 549. The van der Waals surface area contributed by atoms with E-state index in [1.165, 1.54) is 6.92 Å². The molecule has 0 heterocycles. The van der Waals surface area contributed by atoms with Gasteiger partial charge in [0.2, 0.25) is 0 Å². The third kappa shape index (κ3) is 3.86. The molecule has 1 aromatic carbocycles. The van der Waals surface area contributed by atoms with E-state index in [2.05, 4.69) is 4.74 Å². The van der Waals surface area contributed by atoms with Crippen LogP contribution in [0.15, 0.2) is 22.7 Å². The molecule has 0 aromatic heterocycles. The minimum atomic E-state index is -4.70. The zero-order chi connectivity index (χ0) is 15.5. The first-order valence-electron chi connectivity index (χ1n) is 5.28. The van der Waals surface area contributed by atoms with Crippen molar-refractivity contribution in [3.63, 3.8) is 0 Å². The van der Waals surface area contributed by atoms with Crippen LogP contribution in [0.1, 0.15) is 18.1 Å². The molecule has 0 unspecified atom stereocenters. The summed E-state index contributed by atoms with van der Waals surface area (Å²) in [5.41, 5.74) is -2.18. The summed E-state index contributed by atoms with van der Waals surface area (Å²) >= 11 is 10.9. The molecule has 20 heavy (non-hydrogen) atoms. The highest BCUT2D eigenvalue weighted by Crippen LogP contribution is 2.33. The fraction of sp³-hybridized carbons (Fsp3) is 0.250. The molecule has 0 bridgehead atoms. The maximum atomic E-state index is 13.7. The number of esters is 1. The van der Waals surface area contributed by atoms with Gasteiger partial charge in [-0.15, -0.1) is 0 Å². The number of halogens is 6. The van der Waals surface area contributed by atoms with E-state index in [1.54, 1.807) is 0 Å². The number of ether oxygens (including phenoxy) is 1. The molecule has 0 aliphatic heterocycles. The SMILES string of the molecule is CCOC(=O)C(=C(Cl)Cl)c1ccc(C(F)(F)F)cc1F. The zero-order valence-corrected chi connectivity index (χ0v) is 11.5. The summed E-state index contributed by atoms with van der Waals surface area (Å²) in [5, 5.41) is 0. The number of carbonyl (C=O) groups is 1. The Morgan fingerprint density at radius 2 is 1.90 bits per heavy atom. The van der Waals surface area contributed by atoms with Gasteiger partial charge in [-0.1, -0.05) is 29.3 Å². The van der Waals surface area contributed by atoms with Crippen molar-refractivity contribution in [3.8, 4) is 0 Å². The molecular formula is C12H8Cl2F4O2. The second kappa shape index (κ2) is 6.45. The first-order chi connectivity index (χ1) is 9.18. The van der Waals surface area contributed by atoms with Gasteiger partial charge in [0.25, 0.3) is 0 Å². The molecule has 0 saturated carbocycles. The first kappa shape index (κ1) is 16.8. The number of hydrogen-bond donors (Lipinski definition) is 0. The van der Waals surface area contributed by atoms with Crippen molar-refractivity contribution in [1.82, 2.24) is 0 Å². The van der Waals surface area contributed by atoms with Crippen LogP contribution < -0.4 is 0 Å². The van der Waals surface area contributed by atoms with Gasteiger partial charge in [0.1, 0.15) is 10.3 Å². The Kier molecular flexibility index (Phi) is 5.42. The second-order valence-electron chi connectivity index (χ2n) is 3.55. The van der Waals surface area contributed by atoms with Gasteiger partial charge in [0.15, 0.2) is 0 Å². The number of benzene rings is 1. The Hall–Kier alpha value is -1.27. The van der Waals surface area contributed by atoms with Crippen LogP contribution in [0.3, 0.4) is 0 Å². The van der Waals surface area contributed by atoms with Gasteiger partial charge in [-0.05, 0) is 19.1 Å². The van der Waals surface area contributed by atoms with Crippen LogP contribution in [0.2, 0.25) is 0 Å². The van der Waals surface area contributed by atoms with E-state index >= 15 is 0 Å². The Morgan fingerprint density at radius 3 is 2.30 bits per heavy atom. The molecule has 8 heteroatoms.